The van der Waals surface area contributed by atoms with E-state index in [1.165, 1.54) is 9.88 Å². The van der Waals surface area contributed by atoms with Gasteiger partial charge in [0.05, 0.1) is 11.6 Å². The van der Waals surface area contributed by atoms with Gasteiger partial charge in [0, 0.05) is 37.2 Å². The van der Waals surface area contributed by atoms with Gasteiger partial charge in [0.2, 0.25) is 0 Å². The lowest BCUT2D eigenvalue weighted by Crippen LogP contribution is -2.33. The number of hydrogen-bond donors (Lipinski definition) is 1. The number of nitrogens with one attached hydrogen (secondary N) is 1. The van der Waals surface area contributed by atoms with Crippen molar-refractivity contribution in [2.45, 2.75) is 32.7 Å². The largest absolute Gasteiger partial charge is 0.383 e. The van der Waals surface area contributed by atoms with Gasteiger partial charge < -0.3 is 10.1 Å². The van der Waals surface area contributed by atoms with E-state index in [2.05, 4.69) is 24.1 Å². The summed E-state index contributed by atoms with van der Waals surface area (Å²) in [5.41, 5.74) is 0. The molecular formula is C11H20N2OS. The molecule has 0 aromatic carbocycles. The summed E-state index contributed by atoms with van der Waals surface area (Å²) < 4.78 is 5.13. The second-order valence-corrected chi connectivity index (χ2v) is 4.95. The highest BCUT2D eigenvalue weighted by Crippen LogP contribution is 2.11. The Balaban J connectivity index is 2.20. The first-order valence-corrected chi connectivity index (χ1v) is 6.21. The molecule has 3 nitrogen and oxygen atoms in total. The van der Waals surface area contributed by atoms with Crippen molar-refractivity contribution in [3.8, 4) is 0 Å². The minimum Gasteiger partial charge on any atom is -0.383 e. The monoisotopic (exact) mass is 228 g/mol. The highest BCUT2D eigenvalue weighted by molar-refractivity contribution is 7.11. The van der Waals surface area contributed by atoms with E-state index in [9.17, 15) is 0 Å². The minimum atomic E-state index is 0.469. The Morgan fingerprint density at radius 2 is 2.40 bits per heavy atom. The molecule has 1 rings (SSSR count). The molecule has 0 aliphatic heterocycles. The summed E-state index contributed by atoms with van der Waals surface area (Å²) in [5.74, 6) is 0. The first-order valence-electron chi connectivity index (χ1n) is 5.40. The van der Waals surface area contributed by atoms with Crippen LogP contribution in [-0.2, 0) is 11.2 Å². The summed E-state index contributed by atoms with van der Waals surface area (Å²) in [4.78, 5) is 5.62. The molecule has 0 fully saturated rings. The zero-order valence-electron chi connectivity index (χ0n) is 9.75. The Labute approximate surface area is 95.9 Å². The van der Waals surface area contributed by atoms with Crippen LogP contribution in [0.5, 0.6) is 0 Å². The number of hydrogen-bond acceptors (Lipinski definition) is 4. The topological polar surface area (TPSA) is 34.1 Å². The van der Waals surface area contributed by atoms with Crippen LogP contribution >= 0.6 is 11.3 Å². The van der Waals surface area contributed by atoms with Crippen LogP contribution in [0.2, 0.25) is 0 Å². The second-order valence-electron chi connectivity index (χ2n) is 3.63. The average Bonchev–Trinajstić information content (AvgIpc) is 2.63. The third-order valence-corrected chi connectivity index (χ3v) is 3.27. The fourth-order valence-electron chi connectivity index (χ4n) is 1.42. The Hall–Kier alpha value is -0.450. The van der Waals surface area contributed by atoms with Crippen molar-refractivity contribution in [1.29, 1.82) is 0 Å². The smallest absolute Gasteiger partial charge is 0.0940 e. The molecule has 1 heterocycles. The molecule has 0 spiro atoms. The Bertz CT molecular complexity index is 275. The summed E-state index contributed by atoms with van der Waals surface area (Å²) in [6, 6.07) is 0.469. The predicted octanol–water partition coefficient (Wildman–Crippen LogP) is 2.01. The van der Waals surface area contributed by atoms with Gasteiger partial charge in [-0.15, -0.1) is 11.3 Å². The lowest BCUT2D eigenvalue weighted by Gasteiger charge is -2.14. The van der Waals surface area contributed by atoms with Crippen molar-refractivity contribution in [3.63, 3.8) is 0 Å². The highest BCUT2D eigenvalue weighted by atomic mass is 32.1. The molecule has 1 unspecified atom stereocenters. The maximum atomic E-state index is 5.13. The molecule has 0 radical (unpaired) electrons. The quantitative estimate of drug-likeness (QED) is 0.775. The van der Waals surface area contributed by atoms with Crippen molar-refractivity contribution in [1.82, 2.24) is 10.3 Å². The summed E-state index contributed by atoms with van der Waals surface area (Å²) >= 11 is 1.78. The standard InChI is InChI=1S/C11H20N2OS/c1-4-10(8-14-3)12-6-5-11-13-7-9(2)15-11/h7,10,12H,4-6,8H2,1-3H3. The molecule has 86 valence electrons. The molecule has 0 bridgehead atoms. The van der Waals surface area contributed by atoms with Crippen LogP contribution in [0.4, 0.5) is 0 Å². The van der Waals surface area contributed by atoms with Gasteiger partial charge >= 0.3 is 0 Å². The lowest BCUT2D eigenvalue weighted by atomic mass is 10.2. The molecule has 0 aliphatic rings. The zero-order chi connectivity index (χ0) is 11.1. The van der Waals surface area contributed by atoms with E-state index in [0.717, 1.165) is 26.0 Å². The summed E-state index contributed by atoms with van der Waals surface area (Å²) in [5, 5.41) is 4.68. The number of nitrogens with zero attached hydrogens (tertiary/aromatic N) is 1. The van der Waals surface area contributed by atoms with Crippen LogP contribution in [0.1, 0.15) is 23.2 Å². The van der Waals surface area contributed by atoms with Crippen LogP contribution in [-0.4, -0.2) is 31.3 Å². The Kier molecular flexibility index (Phi) is 5.83. The van der Waals surface area contributed by atoms with Gasteiger partial charge in [-0.2, -0.15) is 0 Å². The molecule has 1 N–H and O–H groups in total. The van der Waals surface area contributed by atoms with Gasteiger partial charge in [-0.1, -0.05) is 6.92 Å². The maximum Gasteiger partial charge on any atom is 0.0940 e. The fraction of sp³-hybridized carbons (Fsp3) is 0.727. The fourth-order valence-corrected chi connectivity index (χ4v) is 2.21. The summed E-state index contributed by atoms with van der Waals surface area (Å²) in [6.45, 7) is 6.03. The van der Waals surface area contributed by atoms with E-state index < -0.39 is 0 Å². The number of aromatic nitrogens is 1. The third kappa shape index (κ3) is 4.73. The molecule has 4 heteroatoms. The van der Waals surface area contributed by atoms with E-state index in [1.807, 2.05) is 6.20 Å². The number of methoxy groups -OCH3 is 1. The first kappa shape index (κ1) is 12.6. The van der Waals surface area contributed by atoms with E-state index in [4.69, 9.17) is 4.74 Å². The Morgan fingerprint density at radius 1 is 1.60 bits per heavy atom. The van der Waals surface area contributed by atoms with Crippen LogP contribution < -0.4 is 5.32 Å². The number of thiazole rings is 1. The maximum absolute atomic E-state index is 5.13. The summed E-state index contributed by atoms with van der Waals surface area (Å²) in [7, 11) is 1.74. The predicted molar refractivity (Wildman–Crippen MR) is 64.5 cm³/mol. The van der Waals surface area contributed by atoms with Gasteiger partial charge in [0.1, 0.15) is 0 Å². The number of rotatable bonds is 7. The van der Waals surface area contributed by atoms with Crippen LogP contribution in [0.25, 0.3) is 0 Å². The van der Waals surface area contributed by atoms with E-state index >= 15 is 0 Å². The van der Waals surface area contributed by atoms with Crippen molar-refractivity contribution in [2.24, 2.45) is 0 Å². The number of ether oxygens (including phenoxy) is 1. The van der Waals surface area contributed by atoms with Crippen LogP contribution in [0.3, 0.4) is 0 Å². The SMILES string of the molecule is CCC(COC)NCCc1ncc(C)s1. The van der Waals surface area contributed by atoms with Gasteiger partial charge in [-0.25, -0.2) is 4.98 Å². The minimum absolute atomic E-state index is 0.469. The third-order valence-electron chi connectivity index (χ3n) is 2.30. The zero-order valence-corrected chi connectivity index (χ0v) is 10.6. The van der Waals surface area contributed by atoms with Crippen molar-refractivity contribution >= 4 is 11.3 Å². The van der Waals surface area contributed by atoms with E-state index in [1.54, 1.807) is 18.4 Å². The molecule has 1 aromatic heterocycles. The molecule has 1 atom stereocenters. The number of aryl methyl sites for hydroxylation is 1. The Morgan fingerprint density at radius 3 is 2.93 bits per heavy atom. The molecule has 0 saturated heterocycles. The van der Waals surface area contributed by atoms with Crippen LogP contribution in [0, 0.1) is 6.92 Å². The van der Waals surface area contributed by atoms with Crippen LogP contribution in [0.15, 0.2) is 6.20 Å². The lowest BCUT2D eigenvalue weighted by molar-refractivity contribution is 0.165. The van der Waals surface area contributed by atoms with Gasteiger partial charge in [-0.3, -0.25) is 0 Å². The van der Waals surface area contributed by atoms with E-state index in [-0.39, 0.29) is 0 Å². The van der Waals surface area contributed by atoms with Gasteiger partial charge in [-0.05, 0) is 13.3 Å². The van der Waals surface area contributed by atoms with Crippen molar-refractivity contribution in [3.05, 3.63) is 16.1 Å². The second kappa shape index (κ2) is 6.93. The first-order chi connectivity index (χ1) is 7.26. The van der Waals surface area contributed by atoms with Gasteiger partial charge in [0.15, 0.2) is 0 Å². The molecular weight excluding hydrogens is 208 g/mol. The summed E-state index contributed by atoms with van der Waals surface area (Å²) in [6.07, 6.45) is 4.05. The molecule has 0 aliphatic carbocycles. The molecule has 0 saturated carbocycles. The molecule has 0 amide bonds. The normalized spacial score (nSPS) is 13.0. The molecule has 1 aromatic rings. The average molecular weight is 228 g/mol. The van der Waals surface area contributed by atoms with Crippen molar-refractivity contribution < 1.29 is 4.74 Å². The van der Waals surface area contributed by atoms with Crippen molar-refractivity contribution in [2.75, 3.05) is 20.3 Å². The molecule has 15 heavy (non-hydrogen) atoms. The van der Waals surface area contributed by atoms with Gasteiger partial charge in [0.25, 0.3) is 0 Å². The van der Waals surface area contributed by atoms with E-state index in [0.29, 0.717) is 6.04 Å². The highest BCUT2D eigenvalue weighted by Gasteiger charge is 2.05.